The van der Waals surface area contributed by atoms with Gasteiger partial charge >= 0.3 is 6.09 Å². The van der Waals surface area contributed by atoms with Crippen molar-refractivity contribution in [3.63, 3.8) is 0 Å². The molecule has 0 saturated heterocycles. The second-order valence-corrected chi connectivity index (χ2v) is 2.28. The Bertz CT molecular complexity index is 115. The first-order chi connectivity index (χ1) is 5.26. The molecule has 0 unspecified atom stereocenters. The lowest BCUT2D eigenvalue weighted by atomic mass is 10.4. The molecule has 0 N–H and O–H groups in total. The van der Waals surface area contributed by atoms with Gasteiger partial charge in [-0.1, -0.05) is 6.92 Å². The topological polar surface area (TPSA) is 29.5 Å². The highest BCUT2D eigenvalue weighted by Gasteiger charge is 2.09. The zero-order valence-electron chi connectivity index (χ0n) is 7.59. The van der Waals surface area contributed by atoms with Gasteiger partial charge in [-0.05, 0) is 20.3 Å². The molecule has 1 amide bonds. The van der Waals surface area contributed by atoms with E-state index in [-0.39, 0.29) is 6.09 Å². The molecule has 0 spiro atoms. The van der Waals surface area contributed by atoms with Crippen LogP contribution in [0.25, 0.3) is 0 Å². The second kappa shape index (κ2) is 6.01. The van der Waals surface area contributed by atoms with Gasteiger partial charge in [-0.25, -0.2) is 4.79 Å². The van der Waals surface area contributed by atoms with Gasteiger partial charge in [0.15, 0.2) is 0 Å². The van der Waals surface area contributed by atoms with E-state index in [1.54, 1.807) is 4.90 Å². The van der Waals surface area contributed by atoms with Gasteiger partial charge in [-0.2, -0.15) is 0 Å². The van der Waals surface area contributed by atoms with Gasteiger partial charge in [0.25, 0.3) is 0 Å². The molecule has 0 heterocycles. The van der Waals surface area contributed by atoms with Crippen molar-refractivity contribution in [1.82, 2.24) is 4.90 Å². The third-order valence-electron chi connectivity index (χ3n) is 1.40. The normalized spacial score (nSPS) is 9.36. The molecule has 0 bridgehead atoms. The van der Waals surface area contributed by atoms with Crippen molar-refractivity contribution >= 4 is 6.09 Å². The Kier molecular flexibility index (Phi) is 5.61. The van der Waals surface area contributed by atoms with Crippen molar-refractivity contribution in [3.05, 3.63) is 0 Å². The van der Waals surface area contributed by atoms with Crippen LogP contribution in [0.1, 0.15) is 27.2 Å². The molecular weight excluding hydrogens is 142 g/mol. The van der Waals surface area contributed by atoms with E-state index >= 15 is 0 Å². The highest BCUT2D eigenvalue weighted by atomic mass is 16.6. The van der Waals surface area contributed by atoms with Gasteiger partial charge in [-0.3, -0.25) is 0 Å². The van der Waals surface area contributed by atoms with E-state index in [2.05, 4.69) is 0 Å². The second-order valence-electron chi connectivity index (χ2n) is 2.28. The number of amides is 1. The first-order valence-corrected chi connectivity index (χ1v) is 4.17. The van der Waals surface area contributed by atoms with E-state index in [1.807, 2.05) is 20.8 Å². The summed E-state index contributed by atoms with van der Waals surface area (Å²) in [6.07, 6.45) is 0.781. The van der Waals surface area contributed by atoms with Crippen LogP contribution in [-0.4, -0.2) is 30.7 Å². The monoisotopic (exact) mass is 159 g/mol. The zero-order chi connectivity index (χ0) is 8.69. The van der Waals surface area contributed by atoms with Crippen LogP contribution in [0.2, 0.25) is 0 Å². The van der Waals surface area contributed by atoms with Crippen molar-refractivity contribution < 1.29 is 9.53 Å². The number of rotatable bonds is 4. The molecule has 0 aliphatic carbocycles. The average Bonchev–Trinajstić information content (AvgIpc) is 2.00. The summed E-state index contributed by atoms with van der Waals surface area (Å²) in [5, 5.41) is 0. The molecule has 3 heteroatoms. The fourth-order valence-electron chi connectivity index (χ4n) is 0.863. The Morgan fingerprint density at radius 2 is 2.00 bits per heavy atom. The third kappa shape index (κ3) is 3.86. The Labute approximate surface area is 68.3 Å². The van der Waals surface area contributed by atoms with Crippen molar-refractivity contribution in [2.45, 2.75) is 27.2 Å². The van der Waals surface area contributed by atoms with Crippen LogP contribution in [-0.2, 0) is 4.74 Å². The molecule has 66 valence electrons. The van der Waals surface area contributed by atoms with E-state index in [1.165, 1.54) is 0 Å². The molecule has 3 nitrogen and oxygen atoms in total. The predicted molar refractivity (Wildman–Crippen MR) is 44.6 cm³/mol. The van der Waals surface area contributed by atoms with Gasteiger partial charge < -0.3 is 9.64 Å². The lowest BCUT2D eigenvalue weighted by Gasteiger charge is -2.18. The summed E-state index contributed by atoms with van der Waals surface area (Å²) in [7, 11) is 0. The van der Waals surface area contributed by atoms with Crippen LogP contribution in [0.5, 0.6) is 0 Å². The fourth-order valence-corrected chi connectivity index (χ4v) is 0.863. The summed E-state index contributed by atoms with van der Waals surface area (Å²) >= 11 is 0. The Morgan fingerprint density at radius 3 is 2.36 bits per heavy atom. The van der Waals surface area contributed by atoms with Gasteiger partial charge in [0, 0.05) is 13.1 Å². The lowest BCUT2D eigenvalue weighted by molar-refractivity contribution is 0.109. The molecule has 0 aromatic heterocycles. The van der Waals surface area contributed by atoms with Crippen LogP contribution in [0.15, 0.2) is 0 Å². The summed E-state index contributed by atoms with van der Waals surface area (Å²) in [5.74, 6) is 0. The molecule has 0 aromatic carbocycles. The largest absolute Gasteiger partial charge is 0.450 e. The fraction of sp³-hybridized carbons (Fsp3) is 0.875. The zero-order valence-corrected chi connectivity index (χ0v) is 7.59. The first-order valence-electron chi connectivity index (χ1n) is 4.17. The molecule has 11 heavy (non-hydrogen) atoms. The Morgan fingerprint density at radius 1 is 1.36 bits per heavy atom. The SMILES string of the molecule is CCCN(CC)C(=O)OCC. The Hall–Kier alpha value is -0.730. The maximum atomic E-state index is 11.1. The van der Waals surface area contributed by atoms with Crippen LogP contribution >= 0.6 is 0 Å². The van der Waals surface area contributed by atoms with Crippen molar-refractivity contribution in [1.29, 1.82) is 0 Å². The van der Waals surface area contributed by atoms with Crippen molar-refractivity contribution in [2.24, 2.45) is 0 Å². The van der Waals surface area contributed by atoms with E-state index in [4.69, 9.17) is 4.74 Å². The molecule has 0 rings (SSSR count). The smallest absolute Gasteiger partial charge is 0.409 e. The van der Waals surface area contributed by atoms with Crippen molar-refractivity contribution in [3.8, 4) is 0 Å². The minimum atomic E-state index is -0.197. The minimum absolute atomic E-state index is 0.197. The van der Waals surface area contributed by atoms with Crippen LogP contribution < -0.4 is 0 Å². The lowest BCUT2D eigenvalue weighted by Crippen LogP contribution is -2.31. The summed E-state index contributed by atoms with van der Waals surface area (Å²) < 4.78 is 4.83. The molecule has 0 atom stereocenters. The maximum Gasteiger partial charge on any atom is 0.409 e. The van der Waals surface area contributed by atoms with E-state index in [0.29, 0.717) is 6.61 Å². The van der Waals surface area contributed by atoms with E-state index < -0.39 is 0 Å². The summed E-state index contributed by atoms with van der Waals surface area (Å²) in [6, 6.07) is 0. The minimum Gasteiger partial charge on any atom is -0.450 e. The Balaban J connectivity index is 3.71. The maximum absolute atomic E-state index is 11.1. The molecule has 0 aliphatic rings. The number of nitrogens with zero attached hydrogens (tertiary/aromatic N) is 1. The molecule has 0 aliphatic heterocycles. The molecule has 0 aromatic rings. The molecule has 0 radical (unpaired) electrons. The number of carbonyl (C=O) groups excluding carboxylic acids is 1. The molecular formula is C8H17NO2. The van der Waals surface area contributed by atoms with E-state index in [0.717, 1.165) is 19.5 Å². The summed E-state index contributed by atoms with van der Waals surface area (Å²) in [4.78, 5) is 12.8. The van der Waals surface area contributed by atoms with E-state index in [9.17, 15) is 4.79 Å². The summed E-state index contributed by atoms with van der Waals surface area (Å²) in [6.45, 7) is 7.78. The molecule has 0 saturated carbocycles. The van der Waals surface area contributed by atoms with Gasteiger partial charge in [0.05, 0.1) is 6.61 Å². The van der Waals surface area contributed by atoms with Crippen LogP contribution in [0.3, 0.4) is 0 Å². The quantitative estimate of drug-likeness (QED) is 0.626. The highest BCUT2D eigenvalue weighted by Crippen LogP contribution is 1.94. The summed E-state index contributed by atoms with van der Waals surface area (Å²) in [5.41, 5.74) is 0. The predicted octanol–water partition coefficient (Wildman–Crippen LogP) is 1.87. The standard InChI is InChI=1S/C8H17NO2/c1-4-7-9(5-2)8(10)11-6-3/h4-7H2,1-3H3. The van der Waals surface area contributed by atoms with Crippen molar-refractivity contribution in [2.75, 3.05) is 19.7 Å². The highest BCUT2D eigenvalue weighted by molar-refractivity contribution is 5.67. The van der Waals surface area contributed by atoms with Gasteiger partial charge in [0.2, 0.25) is 0 Å². The van der Waals surface area contributed by atoms with Crippen LogP contribution in [0, 0.1) is 0 Å². The van der Waals surface area contributed by atoms with Gasteiger partial charge in [0.1, 0.15) is 0 Å². The number of hydrogen-bond donors (Lipinski definition) is 0. The third-order valence-corrected chi connectivity index (χ3v) is 1.40. The number of carbonyl (C=O) groups is 1. The van der Waals surface area contributed by atoms with Crippen LogP contribution in [0.4, 0.5) is 4.79 Å². The average molecular weight is 159 g/mol. The number of ether oxygens (including phenoxy) is 1. The molecule has 0 fully saturated rings. The number of hydrogen-bond acceptors (Lipinski definition) is 2. The first kappa shape index (κ1) is 10.3. The van der Waals surface area contributed by atoms with Gasteiger partial charge in [-0.15, -0.1) is 0 Å².